The predicted octanol–water partition coefficient (Wildman–Crippen LogP) is 2.46. The Morgan fingerprint density at radius 1 is 1.26 bits per heavy atom. The van der Waals surface area contributed by atoms with Gasteiger partial charge in [-0.3, -0.25) is 9.78 Å². The van der Waals surface area contributed by atoms with E-state index in [9.17, 15) is 4.79 Å². The fraction of sp³-hybridized carbons (Fsp3) is 0.200. The first-order valence-corrected chi connectivity index (χ1v) is 6.15. The number of benzene rings is 1. The summed E-state index contributed by atoms with van der Waals surface area (Å²) in [6.45, 7) is 3.82. The molecule has 3 N–H and O–H groups in total. The van der Waals surface area contributed by atoms with Crippen molar-refractivity contribution >= 4 is 11.6 Å². The highest BCUT2D eigenvalue weighted by Gasteiger charge is 2.13. The molecular formula is C15H17N3O. The van der Waals surface area contributed by atoms with Crippen molar-refractivity contribution in [3.8, 4) is 0 Å². The van der Waals surface area contributed by atoms with E-state index in [1.807, 2.05) is 26.0 Å². The Balaban J connectivity index is 2.13. The average Bonchev–Trinajstić information content (AvgIpc) is 2.39. The maximum absolute atomic E-state index is 12.2. The van der Waals surface area contributed by atoms with Gasteiger partial charge in [-0.1, -0.05) is 0 Å². The molecule has 2 aromatic rings. The van der Waals surface area contributed by atoms with Crippen molar-refractivity contribution in [3.05, 3.63) is 59.4 Å². The maximum Gasteiger partial charge on any atom is 0.252 e. The standard InChI is InChI=1S/C15H17N3O/c1-10-9-13(16)3-4-14(10)15(19)18-11(2)12-5-7-17-8-6-12/h3-9,11H,16H2,1-2H3,(H,18,19). The fourth-order valence-corrected chi connectivity index (χ4v) is 1.95. The molecule has 1 heterocycles. The lowest BCUT2D eigenvalue weighted by atomic mass is 10.1. The Labute approximate surface area is 112 Å². The summed E-state index contributed by atoms with van der Waals surface area (Å²) >= 11 is 0. The molecule has 0 spiro atoms. The molecule has 98 valence electrons. The number of aryl methyl sites for hydroxylation is 1. The Kier molecular flexibility index (Phi) is 3.80. The van der Waals surface area contributed by atoms with Gasteiger partial charge in [0.25, 0.3) is 5.91 Å². The van der Waals surface area contributed by atoms with Gasteiger partial charge in [0, 0.05) is 23.6 Å². The van der Waals surface area contributed by atoms with Crippen LogP contribution in [0.5, 0.6) is 0 Å². The van der Waals surface area contributed by atoms with Crippen molar-refractivity contribution in [2.75, 3.05) is 5.73 Å². The quantitative estimate of drug-likeness (QED) is 0.828. The van der Waals surface area contributed by atoms with Gasteiger partial charge >= 0.3 is 0 Å². The van der Waals surface area contributed by atoms with Crippen molar-refractivity contribution < 1.29 is 4.79 Å². The Morgan fingerprint density at radius 2 is 1.95 bits per heavy atom. The normalized spacial score (nSPS) is 11.9. The van der Waals surface area contributed by atoms with E-state index in [0.717, 1.165) is 11.1 Å². The number of carbonyl (C=O) groups is 1. The largest absolute Gasteiger partial charge is 0.399 e. The minimum atomic E-state index is -0.0955. The highest BCUT2D eigenvalue weighted by molar-refractivity contribution is 5.96. The summed E-state index contributed by atoms with van der Waals surface area (Å²) < 4.78 is 0. The smallest absolute Gasteiger partial charge is 0.252 e. The van der Waals surface area contributed by atoms with E-state index in [2.05, 4.69) is 10.3 Å². The maximum atomic E-state index is 12.2. The number of nitrogen functional groups attached to an aromatic ring is 1. The zero-order valence-electron chi connectivity index (χ0n) is 11.1. The van der Waals surface area contributed by atoms with Gasteiger partial charge in [-0.2, -0.15) is 0 Å². The molecule has 19 heavy (non-hydrogen) atoms. The number of rotatable bonds is 3. The van der Waals surface area contributed by atoms with E-state index in [0.29, 0.717) is 11.3 Å². The van der Waals surface area contributed by atoms with E-state index in [4.69, 9.17) is 5.73 Å². The summed E-state index contributed by atoms with van der Waals surface area (Å²) in [6, 6.07) is 9.00. The van der Waals surface area contributed by atoms with E-state index < -0.39 is 0 Å². The average molecular weight is 255 g/mol. The van der Waals surface area contributed by atoms with Crippen LogP contribution in [-0.2, 0) is 0 Å². The number of amides is 1. The van der Waals surface area contributed by atoms with E-state index in [1.165, 1.54) is 0 Å². The Bertz CT molecular complexity index is 581. The molecule has 1 amide bonds. The lowest BCUT2D eigenvalue weighted by Crippen LogP contribution is -2.27. The molecule has 2 rings (SSSR count). The third-order valence-corrected chi connectivity index (χ3v) is 3.05. The lowest BCUT2D eigenvalue weighted by Gasteiger charge is -2.15. The second-order valence-electron chi connectivity index (χ2n) is 4.55. The molecule has 0 aliphatic carbocycles. The first-order chi connectivity index (χ1) is 9.08. The van der Waals surface area contributed by atoms with Crippen molar-refractivity contribution in [1.29, 1.82) is 0 Å². The molecule has 0 aliphatic rings. The second kappa shape index (κ2) is 5.52. The summed E-state index contributed by atoms with van der Waals surface area (Å²) in [7, 11) is 0. The van der Waals surface area contributed by atoms with E-state index >= 15 is 0 Å². The topological polar surface area (TPSA) is 68.0 Å². The van der Waals surface area contributed by atoms with Gasteiger partial charge in [0.1, 0.15) is 0 Å². The molecule has 4 nitrogen and oxygen atoms in total. The molecule has 1 atom stereocenters. The van der Waals surface area contributed by atoms with Gasteiger partial charge in [-0.15, -0.1) is 0 Å². The summed E-state index contributed by atoms with van der Waals surface area (Å²) in [5.41, 5.74) is 8.89. The molecule has 4 heteroatoms. The van der Waals surface area contributed by atoms with Crippen molar-refractivity contribution in [3.63, 3.8) is 0 Å². The lowest BCUT2D eigenvalue weighted by molar-refractivity contribution is 0.0939. The third kappa shape index (κ3) is 3.10. The van der Waals surface area contributed by atoms with Crippen LogP contribution in [0.4, 0.5) is 5.69 Å². The summed E-state index contributed by atoms with van der Waals surface area (Å²) in [6.07, 6.45) is 3.43. The van der Waals surface area contributed by atoms with Gasteiger partial charge in [-0.25, -0.2) is 0 Å². The van der Waals surface area contributed by atoms with Gasteiger partial charge < -0.3 is 11.1 Å². The predicted molar refractivity (Wildman–Crippen MR) is 75.7 cm³/mol. The Morgan fingerprint density at radius 3 is 2.58 bits per heavy atom. The van der Waals surface area contributed by atoms with Crippen LogP contribution in [0.2, 0.25) is 0 Å². The van der Waals surface area contributed by atoms with Crippen LogP contribution in [-0.4, -0.2) is 10.9 Å². The number of hydrogen-bond acceptors (Lipinski definition) is 3. The number of anilines is 1. The van der Waals surface area contributed by atoms with E-state index in [-0.39, 0.29) is 11.9 Å². The first-order valence-electron chi connectivity index (χ1n) is 6.15. The van der Waals surface area contributed by atoms with E-state index in [1.54, 1.807) is 30.6 Å². The number of nitrogens with one attached hydrogen (secondary N) is 1. The summed E-state index contributed by atoms with van der Waals surface area (Å²) in [4.78, 5) is 16.2. The molecule has 1 aromatic heterocycles. The van der Waals surface area contributed by atoms with Crippen molar-refractivity contribution in [2.45, 2.75) is 19.9 Å². The molecule has 0 saturated heterocycles. The number of nitrogens with zero attached hydrogens (tertiary/aromatic N) is 1. The van der Waals surface area contributed by atoms with Gasteiger partial charge in [0.2, 0.25) is 0 Å². The van der Waals surface area contributed by atoms with Crippen LogP contribution >= 0.6 is 0 Å². The number of aromatic nitrogens is 1. The number of pyridine rings is 1. The van der Waals surface area contributed by atoms with Crippen LogP contribution < -0.4 is 11.1 Å². The van der Waals surface area contributed by atoms with Crippen LogP contribution in [0.15, 0.2) is 42.7 Å². The zero-order chi connectivity index (χ0) is 13.8. The fourth-order valence-electron chi connectivity index (χ4n) is 1.95. The van der Waals surface area contributed by atoms with Crippen LogP contribution in [0.1, 0.15) is 34.5 Å². The van der Waals surface area contributed by atoms with Crippen molar-refractivity contribution in [2.24, 2.45) is 0 Å². The minimum Gasteiger partial charge on any atom is -0.399 e. The van der Waals surface area contributed by atoms with Crippen LogP contribution in [0, 0.1) is 6.92 Å². The minimum absolute atomic E-state index is 0.0625. The van der Waals surface area contributed by atoms with Gasteiger partial charge in [0.15, 0.2) is 0 Å². The SMILES string of the molecule is Cc1cc(N)ccc1C(=O)NC(C)c1ccncc1. The van der Waals surface area contributed by atoms with Gasteiger partial charge in [-0.05, 0) is 55.3 Å². The van der Waals surface area contributed by atoms with Crippen LogP contribution in [0.25, 0.3) is 0 Å². The molecular weight excluding hydrogens is 238 g/mol. The first kappa shape index (κ1) is 13.1. The molecule has 0 aliphatic heterocycles. The number of hydrogen-bond donors (Lipinski definition) is 2. The number of nitrogens with two attached hydrogens (primary N) is 1. The summed E-state index contributed by atoms with van der Waals surface area (Å²) in [5.74, 6) is -0.0955. The number of carbonyl (C=O) groups excluding carboxylic acids is 1. The molecule has 0 saturated carbocycles. The van der Waals surface area contributed by atoms with Gasteiger partial charge in [0.05, 0.1) is 6.04 Å². The molecule has 0 fully saturated rings. The van der Waals surface area contributed by atoms with Crippen LogP contribution in [0.3, 0.4) is 0 Å². The monoisotopic (exact) mass is 255 g/mol. The third-order valence-electron chi connectivity index (χ3n) is 3.05. The highest BCUT2D eigenvalue weighted by atomic mass is 16.1. The second-order valence-corrected chi connectivity index (χ2v) is 4.55. The Hall–Kier alpha value is -2.36. The highest BCUT2D eigenvalue weighted by Crippen LogP contribution is 2.15. The molecule has 0 radical (unpaired) electrons. The zero-order valence-corrected chi connectivity index (χ0v) is 11.1. The van der Waals surface area contributed by atoms with Crippen molar-refractivity contribution in [1.82, 2.24) is 10.3 Å². The molecule has 1 unspecified atom stereocenters. The molecule has 1 aromatic carbocycles. The molecule has 0 bridgehead atoms. The summed E-state index contributed by atoms with van der Waals surface area (Å²) in [5, 5.41) is 2.97.